The molecule has 5 heteroatoms. The SMILES string of the molecule is CC.COc1cc2c3c(c4cc(OC)c(OC)cc4c2cc1OC)CN1CCC[C@H]1C3. The normalized spacial score (nSPS) is 17.5. The van der Waals surface area contributed by atoms with Crippen LogP contribution in [0.3, 0.4) is 0 Å². The number of methoxy groups -OCH3 is 4. The van der Waals surface area contributed by atoms with Crippen molar-refractivity contribution in [2.75, 3.05) is 35.0 Å². The van der Waals surface area contributed by atoms with Crippen LogP contribution in [0.4, 0.5) is 0 Å². The Bertz CT molecular complexity index is 1020. The monoisotopic (exact) mass is 423 g/mol. The highest BCUT2D eigenvalue weighted by atomic mass is 16.5. The van der Waals surface area contributed by atoms with E-state index in [-0.39, 0.29) is 0 Å². The fourth-order valence-corrected chi connectivity index (χ4v) is 5.22. The van der Waals surface area contributed by atoms with Gasteiger partial charge in [-0.15, -0.1) is 0 Å². The minimum atomic E-state index is 0.636. The van der Waals surface area contributed by atoms with Gasteiger partial charge in [-0.05, 0) is 82.7 Å². The lowest BCUT2D eigenvalue weighted by Gasteiger charge is -2.33. The molecule has 0 spiro atoms. The lowest BCUT2D eigenvalue weighted by Crippen LogP contribution is -2.35. The van der Waals surface area contributed by atoms with Crippen LogP contribution in [0.15, 0.2) is 24.3 Å². The van der Waals surface area contributed by atoms with Gasteiger partial charge in [0, 0.05) is 12.6 Å². The lowest BCUT2D eigenvalue weighted by molar-refractivity contribution is 0.229. The Morgan fingerprint density at radius 1 is 0.677 bits per heavy atom. The summed E-state index contributed by atoms with van der Waals surface area (Å²) in [6.45, 7) is 6.17. The van der Waals surface area contributed by atoms with Crippen LogP contribution in [0, 0.1) is 0 Å². The van der Waals surface area contributed by atoms with Crippen molar-refractivity contribution in [3.05, 3.63) is 35.4 Å². The van der Waals surface area contributed by atoms with E-state index in [2.05, 4.69) is 29.2 Å². The molecule has 2 aliphatic heterocycles. The predicted molar refractivity (Wildman–Crippen MR) is 126 cm³/mol. The molecule has 0 radical (unpaired) electrons. The second-order valence-electron chi connectivity index (χ2n) is 7.93. The van der Waals surface area contributed by atoms with Gasteiger partial charge in [0.05, 0.1) is 28.4 Å². The molecule has 2 aliphatic rings. The van der Waals surface area contributed by atoms with E-state index in [0.717, 1.165) is 41.3 Å². The number of benzene rings is 3. The Morgan fingerprint density at radius 2 is 1.13 bits per heavy atom. The van der Waals surface area contributed by atoms with Gasteiger partial charge < -0.3 is 18.9 Å². The van der Waals surface area contributed by atoms with Crippen molar-refractivity contribution in [3.63, 3.8) is 0 Å². The first-order chi connectivity index (χ1) is 15.2. The van der Waals surface area contributed by atoms with E-state index in [4.69, 9.17) is 18.9 Å². The molecule has 1 saturated heterocycles. The van der Waals surface area contributed by atoms with Crippen LogP contribution in [0.1, 0.15) is 37.8 Å². The molecular formula is C26H33NO4. The average molecular weight is 424 g/mol. The van der Waals surface area contributed by atoms with Gasteiger partial charge in [-0.3, -0.25) is 4.90 Å². The molecule has 3 aromatic carbocycles. The molecule has 0 aromatic heterocycles. The highest BCUT2D eigenvalue weighted by molar-refractivity contribution is 6.12. The summed E-state index contributed by atoms with van der Waals surface area (Å²) >= 11 is 0. The second kappa shape index (κ2) is 8.83. The lowest BCUT2D eigenvalue weighted by atomic mass is 9.85. The molecule has 1 atom stereocenters. The largest absolute Gasteiger partial charge is 0.493 e. The minimum Gasteiger partial charge on any atom is -0.493 e. The van der Waals surface area contributed by atoms with Crippen molar-refractivity contribution in [1.82, 2.24) is 4.90 Å². The van der Waals surface area contributed by atoms with Crippen LogP contribution in [0.2, 0.25) is 0 Å². The second-order valence-corrected chi connectivity index (χ2v) is 7.93. The number of ether oxygens (including phenoxy) is 4. The number of hydrogen-bond acceptors (Lipinski definition) is 5. The first kappa shape index (κ1) is 21.6. The van der Waals surface area contributed by atoms with E-state index in [0.29, 0.717) is 6.04 Å². The molecular weight excluding hydrogens is 390 g/mol. The van der Waals surface area contributed by atoms with Crippen LogP contribution in [-0.2, 0) is 13.0 Å². The maximum atomic E-state index is 5.64. The summed E-state index contributed by atoms with van der Waals surface area (Å²) in [5.41, 5.74) is 2.84. The Kier molecular flexibility index (Phi) is 6.15. The van der Waals surface area contributed by atoms with Gasteiger partial charge in [-0.1, -0.05) is 13.8 Å². The Hall–Kier alpha value is -2.66. The molecule has 2 heterocycles. The fourth-order valence-electron chi connectivity index (χ4n) is 5.22. The molecule has 3 aromatic rings. The molecule has 0 saturated carbocycles. The third-order valence-electron chi connectivity index (χ3n) is 6.65. The van der Waals surface area contributed by atoms with Crippen molar-refractivity contribution >= 4 is 21.5 Å². The maximum Gasteiger partial charge on any atom is 0.161 e. The molecule has 0 N–H and O–H groups in total. The molecule has 166 valence electrons. The Balaban J connectivity index is 0.00000112. The van der Waals surface area contributed by atoms with Crippen LogP contribution >= 0.6 is 0 Å². The summed E-state index contributed by atoms with van der Waals surface area (Å²) in [6, 6.07) is 9.12. The van der Waals surface area contributed by atoms with Crippen molar-refractivity contribution in [3.8, 4) is 23.0 Å². The van der Waals surface area contributed by atoms with Gasteiger partial charge in [0.15, 0.2) is 23.0 Å². The topological polar surface area (TPSA) is 40.2 Å². The summed E-state index contributed by atoms with van der Waals surface area (Å²) in [7, 11) is 6.76. The number of fused-ring (bicyclic) bond motifs is 7. The van der Waals surface area contributed by atoms with E-state index in [1.807, 2.05) is 13.8 Å². The van der Waals surface area contributed by atoms with Crippen LogP contribution < -0.4 is 18.9 Å². The molecule has 0 aliphatic carbocycles. The molecule has 0 bridgehead atoms. The van der Waals surface area contributed by atoms with Gasteiger partial charge in [0.2, 0.25) is 0 Å². The van der Waals surface area contributed by atoms with E-state index in [1.165, 1.54) is 46.7 Å². The number of hydrogen-bond donors (Lipinski definition) is 0. The third-order valence-corrected chi connectivity index (χ3v) is 6.65. The summed E-state index contributed by atoms with van der Waals surface area (Å²) in [4.78, 5) is 2.63. The zero-order valence-electron chi connectivity index (χ0n) is 19.5. The summed E-state index contributed by atoms with van der Waals surface area (Å²) in [5, 5.41) is 4.82. The van der Waals surface area contributed by atoms with Gasteiger partial charge in [-0.25, -0.2) is 0 Å². The van der Waals surface area contributed by atoms with Crippen molar-refractivity contribution in [2.24, 2.45) is 0 Å². The zero-order chi connectivity index (χ0) is 22.1. The van der Waals surface area contributed by atoms with Gasteiger partial charge >= 0.3 is 0 Å². The van der Waals surface area contributed by atoms with E-state index in [9.17, 15) is 0 Å². The Morgan fingerprint density at radius 3 is 1.61 bits per heavy atom. The standard InChI is InChI=1S/C24H27NO4.C2H6/c1-26-21-9-16-15-8-14-6-5-7-25(14)13-20(15)19-12-24(29-4)23(28-3)11-18(19)17(16)10-22(21)27-2;1-2/h9-12,14H,5-8,13H2,1-4H3;1-2H3/t14-;/m0./s1. The van der Waals surface area contributed by atoms with Crippen LogP contribution in [0.5, 0.6) is 23.0 Å². The molecule has 0 unspecified atom stereocenters. The predicted octanol–water partition coefficient (Wildman–Crippen LogP) is 5.57. The smallest absolute Gasteiger partial charge is 0.161 e. The van der Waals surface area contributed by atoms with Crippen molar-refractivity contribution < 1.29 is 18.9 Å². The van der Waals surface area contributed by atoms with Crippen molar-refractivity contribution in [2.45, 2.75) is 45.7 Å². The summed E-state index contributed by atoms with van der Waals surface area (Å²) < 4.78 is 22.5. The van der Waals surface area contributed by atoms with Crippen molar-refractivity contribution in [1.29, 1.82) is 0 Å². The third kappa shape index (κ3) is 3.45. The fraction of sp³-hybridized carbons (Fsp3) is 0.462. The van der Waals surface area contributed by atoms with Gasteiger partial charge in [-0.2, -0.15) is 0 Å². The molecule has 5 nitrogen and oxygen atoms in total. The van der Waals surface area contributed by atoms with Gasteiger partial charge in [0.1, 0.15) is 0 Å². The van der Waals surface area contributed by atoms with Crippen LogP contribution in [0.25, 0.3) is 21.5 Å². The van der Waals surface area contributed by atoms with Gasteiger partial charge in [0.25, 0.3) is 0 Å². The molecule has 31 heavy (non-hydrogen) atoms. The molecule has 5 rings (SSSR count). The van der Waals surface area contributed by atoms with E-state index >= 15 is 0 Å². The first-order valence-corrected chi connectivity index (χ1v) is 11.2. The number of nitrogens with zero attached hydrogens (tertiary/aromatic N) is 1. The highest BCUT2D eigenvalue weighted by Gasteiger charge is 2.32. The summed E-state index contributed by atoms with van der Waals surface area (Å²) in [6.07, 6.45) is 3.63. The quantitative estimate of drug-likeness (QED) is 0.513. The Labute approximate surface area is 184 Å². The van der Waals surface area contributed by atoms with E-state index < -0.39 is 0 Å². The minimum absolute atomic E-state index is 0.636. The number of rotatable bonds is 4. The summed E-state index contributed by atoms with van der Waals surface area (Å²) in [5.74, 6) is 3.03. The van der Waals surface area contributed by atoms with E-state index in [1.54, 1.807) is 28.4 Å². The zero-order valence-corrected chi connectivity index (χ0v) is 19.5. The molecule has 1 fully saturated rings. The highest BCUT2D eigenvalue weighted by Crippen LogP contribution is 2.46. The molecule has 0 amide bonds. The first-order valence-electron chi connectivity index (χ1n) is 11.2. The maximum absolute atomic E-state index is 5.64. The average Bonchev–Trinajstić information content (AvgIpc) is 3.30. The van der Waals surface area contributed by atoms with Crippen LogP contribution in [-0.4, -0.2) is 45.9 Å².